The zero-order valence-corrected chi connectivity index (χ0v) is 16.6. The Hall–Kier alpha value is -2.66. The van der Waals surface area contributed by atoms with E-state index in [-0.39, 0.29) is 11.9 Å². The summed E-state index contributed by atoms with van der Waals surface area (Å²) in [5.74, 6) is 0.104. The number of hydrogen-bond acceptors (Lipinski definition) is 4. The van der Waals surface area contributed by atoms with Crippen molar-refractivity contribution in [2.24, 2.45) is 0 Å². The molecule has 1 amide bonds. The summed E-state index contributed by atoms with van der Waals surface area (Å²) in [6, 6.07) is 16.9. The number of amides is 1. The maximum Gasteiger partial charge on any atom is 0.223 e. The van der Waals surface area contributed by atoms with Crippen molar-refractivity contribution < 1.29 is 4.79 Å². The predicted octanol–water partition coefficient (Wildman–Crippen LogP) is 5.20. The predicted molar refractivity (Wildman–Crippen MR) is 112 cm³/mol. The number of nitrogens with zero attached hydrogens (tertiary/aromatic N) is 2. The number of aryl methyl sites for hydroxylation is 1. The number of thiazole rings is 1. The number of anilines is 2. The Morgan fingerprint density at radius 3 is 2.74 bits per heavy atom. The van der Waals surface area contributed by atoms with Gasteiger partial charge in [0, 0.05) is 29.6 Å². The number of benzene rings is 2. The Morgan fingerprint density at radius 2 is 2.00 bits per heavy atom. The lowest BCUT2D eigenvalue weighted by Gasteiger charge is -2.14. The van der Waals surface area contributed by atoms with E-state index in [4.69, 9.17) is 4.98 Å². The summed E-state index contributed by atoms with van der Waals surface area (Å²) >= 11 is 1.68. The van der Waals surface area contributed by atoms with Crippen LogP contribution in [0.2, 0.25) is 0 Å². The van der Waals surface area contributed by atoms with Crippen LogP contribution in [0.1, 0.15) is 35.9 Å². The number of hydrogen-bond donors (Lipinski definition) is 1. The molecule has 1 aliphatic heterocycles. The van der Waals surface area contributed by atoms with Crippen molar-refractivity contribution >= 4 is 28.1 Å². The molecular weight excluding hydrogens is 354 g/mol. The number of fused-ring (bicyclic) bond motifs is 1. The second-order valence-electron chi connectivity index (χ2n) is 6.96. The van der Waals surface area contributed by atoms with Crippen LogP contribution in [0.5, 0.6) is 0 Å². The molecule has 1 aliphatic rings. The first kappa shape index (κ1) is 17.7. The molecule has 0 saturated heterocycles. The summed E-state index contributed by atoms with van der Waals surface area (Å²) in [6.45, 7) is 6.66. The fourth-order valence-corrected chi connectivity index (χ4v) is 4.54. The fourth-order valence-electron chi connectivity index (χ4n) is 3.61. The fraction of sp³-hybridized carbons (Fsp3) is 0.273. The lowest BCUT2D eigenvalue weighted by molar-refractivity contribution is -0.116. The summed E-state index contributed by atoms with van der Waals surface area (Å²) in [5.41, 5.74) is 5.64. The Morgan fingerprint density at radius 1 is 1.22 bits per heavy atom. The van der Waals surface area contributed by atoms with Crippen LogP contribution >= 0.6 is 11.3 Å². The van der Waals surface area contributed by atoms with E-state index in [1.54, 1.807) is 18.3 Å². The van der Waals surface area contributed by atoms with E-state index in [1.807, 2.05) is 11.0 Å². The van der Waals surface area contributed by atoms with Crippen molar-refractivity contribution in [1.29, 1.82) is 0 Å². The molecule has 0 fully saturated rings. The van der Waals surface area contributed by atoms with E-state index in [0.29, 0.717) is 0 Å². The van der Waals surface area contributed by atoms with Gasteiger partial charge >= 0.3 is 0 Å². The maximum absolute atomic E-state index is 11.7. The maximum atomic E-state index is 11.7. The van der Waals surface area contributed by atoms with E-state index in [0.717, 1.165) is 35.0 Å². The molecule has 0 bridgehead atoms. The molecular formula is C22H23N3OS. The van der Waals surface area contributed by atoms with E-state index in [2.05, 4.69) is 61.6 Å². The Kier molecular flexibility index (Phi) is 4.70. The van der Waals surface area contributed by atoms with Gasteiger partial charge in [0.15, 0.2) is 5.13 Å². The molecule has 0 saturated carbocycles. The van der Waals surface area contributed by atoms with Gasteiger partial charge < -0.3 is 10.2 Å². The van der Waals surface area contributed by atoms with Crippen LogP contribution in [0, 0.1) is 6.92 Å². The quantitative estimate of drug-likeness (QED) is 0.680. The molecule has 1 unspecified atom stereocenters. The van der Waals surface area contributed by atoms with Crippen molar-refractivity contribution in [3.63, 3.8) is 0 Å². The summed E-state index contributed by atoms with van der Waals surface area (Å²) in [6.07, 6.45) is 0.905. The second-order valence-corrected chi connectivity index (χ2v) is 8.17. The number of carbonyl (C=O) groups excluding carboxylic acids is 1. The third-order valence-corrected chi connectivity index (χ3v) is 5.97. The summed E-state index contributed by atoms with van der Waals surface area (Å²) in [4.78, 5) is 19.6. The minimum Gasteiger partial charge on any atom is -0.355 e. The Balaban J connectivity index is 1.58. The first-order chi connectivity index (χ1) is 13.0. The third kappa shape index (κ3) is 3.47. The molecule has 1 N–H and O–H groups in total. The summed E-state index contributed by atoms with van der Waals surface area (Å²) in [5, 5.41) is 4.45. The average Bonchev–Trinajstić information content (AvgIpc) is 3.25. The van der Waals surface area contributed by atoms with Gasteiger partial charge in [0.2, 0.25) is 5.91 Å². The summed E-state index contributed by atoms with van der Waals surface area (Å²) in [7, 11) is 0. The minimum absolute atomic E-state index is 0.104. The third-order valence-electron chi connectivity index (χ3n) is 5.06. The Bertz CT molecular complexity index is 980. The molecule has 4 rings (SSSR count). The second kappa shape index (κ2) is 7.16. The largest absolute Gasteiger partial charge is 0.355 e. The zero-order chi connectivity index (χ0) is 19.0. The highest BCUT2D eigenvalue weighted by atomic mass is 32.1. The van der Waals surface area contributed by atoms with Crippen molar-refractivity contribution in [1.82, 2.24) is 4.98 Å². The van der Waals surface area contributed by atoms with Gasteiger partial charge in [-0.1, -0.05) is 36.4 Å². The topological polar surface area (TPSA) is 45.2 Å². The molecule has 3 aromatic rings. The average molecular weight is 378 g/mol. The summed E-state index contributed by atoms with van der Waals surface area (Å²) < 4.78 is 0. The molecule has 0 spiro atoms. The monoisotopic (exact) mass is 377 g/mol. The van der Waals surface area contributed by atoms with E-state index in [1.165, 1.54) is 16.0 Å². The number of rotatable bonds is 4. The van der Waals surface area contributed by atoms with Crippen LogP contribution in [0.25, 0.3) is 11.3 Å². The highest BCUT2D eigenvalue weighted by Crippen LogP contribution is 2.36. The lowest BCUT2D eigenvalue weighted by atomic mass is 10.1. The van der Waals surface area contributed by atoms with Gasteiger partial charge in [0.1, 0.15) is 0 Å². The van der Waals surface area contributed by atoms with Crippen molar-refractivity contribution in [3.8, 4) is 11.3 Å². The van der Waals surface area contributed by atoms with Crippen molar-refractivity contribution in [2.45, 2.75) is 33.2 Å². The molecule has 5 heteroatoms. The van der Waals surface area contributed by atoms with E-state index in [9.17, 15) is 4.79 Å². The lowest BCUT2D eigenvalue weighted by Crippen LogP contribution is -2.25. The number of carbonyl (C=O) groups is 1. The van der Waals surface area contributed by atoms with Gasteiger partial charge in [-0.15, -0.1) is 11.3 Å². The zero-order valence-electron chi connectivity index (χ0n) is 15.8. The number of nitrogens with one attached hydrogen (secondary N) is 1. The molecule has 2 heterocycles. The van der Waals surface area contributed by atoms with E-state index >= 15 is 0 Å². The minimum atomic E-state index is 0.104. The first-order valence-electron chi connectivity index (χ1n) is 9.23. The van der Waals surface area contributed by atoms with Crippen molar-refractivity contribution in [2.75, 3.05) is 16.8 Å². The van der Waals surface area contributed by atoms with Gasteiger partial charge in [0.25, 0.3) is 0 Å². The van der Waals surface area contributed by atoms with Crippen LogP contribution < -0.4 is 10.2 Å². The molecule has 0 aliphatic carbocycles. The number of aromatic nitrogens is 1. The highest BCUT2D eigenvalue weighted by molar-refractivity contribution is 7.16. The first-order valence-corrected chi connectivity index (χ1v) is 10.0. The van der Waals surface area contributed by atoms with Crippen LogP contribution in [-0.2, 0) is 11.2 Å². The molecule has 27 heavy (non-hydrogen) atoms. The smallest absolute Gasteiger partial charge is 0.223 e. The molecule has 138 valence electrons. The highest BCUT2D eigenvalue weighted by Gasteiger charge is 2.23. The van der Waals surface area contributed by atoms with Gasteiger partial charge in [-0.3, -0.25) is 4.79 Å². The van der Waals surface area contributed by atoms with Crippen molar-refractivity contribution in [3.05, 3.63) is 64.5 Å². The van der Waals surface area contributed by atoms with Gasteiger partial charge in [0.05, 0.1) is 11.7 Å². The van der Waals surface area contributed by atoms with Gasteiger partial charge in [-0.2, -0.15) is 0 Å². The van der Waals surface area contributed by atoms with Gasteiger partial charge in [-0.05, 0) is 43.5 Å². The molecule has 0 radical (unpaired) electrons. The van der Waals surface area contributed by atoms with Crippen LogP contribution in [-0.4, -0.2) is 17.4 Å². The molecule has 1 atom stereocenters. The van der Waals surface area contributed by atoms with Crippen LogP contribution in [0.4, 0.5) is 10.8 Å². The van der Waals surface area contributed by atoms with E-state index < -0.39 is 0 Å². The van der Waals surface area contributed by atoms with Crippen LogP contribution in [0.15, 0.2) is 48.5 Å². The molecule has 4 nitrogen and oxygen atoms in total. The Labute approximate surface area is 163 Å². The van der Waals surface area contributed by atoms with Gasteiger partial charge in [-0.25, -0.2) is 4.98 Å². The molecule has 1 aromatic heterocycles. The molecule has 2 aromatic carbocycles. The van der Waals surface area contributed by atoms with Crippen LogP contribution in [0.3, 0.4) is 0 Å². The SMILES string of the molecule is CC(=O)N1CCc2cc(-c3nc(NC(C)c4ccccc4)sc3C)ccc21. The normalized spacial score (nSPS) is 14.1. The standard InChI is InChI=1S/C22H23N3OS/c1-14(17-7-5-4-6-8-17)23-22-24-21(15(2)27-22)19-9-10-20-18(13-19)11-12-25(20)16(3)26/h4-10,13-14H,11-12H2,1-3H3,(H,23,24).